The lowest BCUT2D eigenvalue weighted by atomic mass is 9.88. The predicted octanol–water partition coefficient (Wildman–Crippen LogP) is 2.86. The van der Waals surface area contributed by atoms with Crippen LogP contribution in [-0.4, -0.2) is 29.4 Å². The Bertz CT molecular complexity index is 667. The lowest BCUT2D eigenvalue weighted by Gasteiger charge is -2.34. The molecule has 4 nitrogen and oxygen atoms in total. The number of hydrogen-bond acceptors (Lipinski definition) is 3. The lowest BCUT2D eigenvalue weighted by Crippen LogP contribution is -2.55. The van der Waals surface area contributed by atoms with Crippen LogP contribution in [-0.2, 0) is 21.5 Å². The van der Waals surface area contributed by atoms with E-state index >= 15 is 0 Å². The number of carbonyl (C=O) groups excluding carboxylic acids is 1. The number of halogens is 1. The van der Waals surface area contributed by atoms with Gasteiger partial charge in [-0.05, 0) is 24.5 Å². The summed E-state index contributed by atoms with van der Waals surface area (Å²) in [5.74, 6) is -0.214. The summed E-state index contributed by atoms with van der Waals surface area (Å²) in [6.45, 7) is 3.21. The summed E-state index contributed by atoms with van der Waals surface area (Å²) in [5, 5.41) is 5.04. The molecule has 1 aliphatic heterocycles. The first-order valence-electron chi connectivity index (χ1n) is 7.31. The van der Waals surface area contributed by atoms with E-state index in [1.165, 1.54) is 10.9 Å². The number of aromatic nitrogens is 1. The van der Waals surface area contributed by atoms with Crippen LogP contribution in [0.5, 0.6) is 0 Å². The van der Waals surface area contributed by atoms with Crippen LogP contribution in [0.4, 0.5) is 0 Å². The van der Waals surface area contributed by atoms with Gasteiger partial charge in [-0.1, -0.05) is 41.1 Å². The molecule has 0 bridgehead atoms. The van der Waals surface area contributed by atoms with Gasteiger partial charge in [-0.15, -0.1) is 0 Å². The van der Waals surface area contributed by atoms with Gasteiger partial charge in [-0.3, -0.25) is 5.32 Å². The van der Waals surface area contributed by atoms with E-state index in [0.717, 1.165) is 30.6 Å². The molecule has 0 saturated carbocycles. The number of alkyl halides is 1. The molecule has 1 atom stereocenters. The number of nitrogens with one attached hydrogen (secondary N) is 2. The number of para-hydroxylation sites is 1. The van der Waals surface area contributed by atoms with Crippen molar-refractivity contribution in [3.8, 4) is 0 Å². The highest BCUT2D eigenvalue weighted by Gasteiger charge is 2.45. The summed E-state index contributed by atoms with van der Waals surface area (Å²) in [6.07, 6.45) is 1.73. The summed E-state index contributed by atoms with van der Waals surface area (Å²) >= 11 is 3.50. The molecule has 0 saturated heterocycles. The Hall–Kier alpha value is -1.33. The maximum absolute atomic E-state index is 12.6. The van der Waals surface area contributed by atoms with E-state index in [2.05, 4.69) is 32.3 Å². The van der Waals surface area contributed by atoms with Gasteiger partial charge in [0, 0.05) is 22.8 Å². The highest BCUT2D eigenvalue weighted by molar-refractivity contribution is 9.09. The van der Waals surface area contributed by atoms with Crippen molar-refractivity contribution in [3.63, 3.8) is 0 Å². The van der Waals surface area contributed by atoms with Gasteiger partial charge in [-0.2, -0.15) is 0 Å². The molecule has 3 rings (SSSR count). The number of ether oxygens (including phenoxy) is 1. The normalized spacial score (nSPS) is 21.2. The summed E-state index contributed by atoms with van der Waals surface area (Å²) < 4.78 is 5.43. The zero-order valence-corrected chi connectivity index (χ0v) is 13.6. The highest BCUT2D eigenvalue weighted by atomic mass is 79.9. The van der Waals surface area contributed by atoms with Gasteiger partial charge in [0.25, 0.3) is 0 Å². The number of carbonyl (C=O) groups is 1. The van der Waals surface area contributed by atoms with Crippen molar-refractivity contribution < 1.29 is 9.53 Å². The zero-order chi connectivity index (χ0) is 14.9. The first-order valence-corrected chi connectivity index (χ1v) is 8.43. The number of rotatable bonds is 4. The Balaban J connectivity index is 2.11. The maximum atomic E-state index is 12.6. The maximum Gasteiger partial charge on any atom is 0.333 e. The highest BCUT2D eigenvalue weighted by Crippen LogP contribution is 2.35. The Morgan fingerprint density at radius 1 is 1.43 bits per heavy atom. The van der Waals surface area contributed by atoms with Gasteiger partial charge in [0.15, 0.2) is 5.54 Å². The minimum absolute atomic E-state index is 0.214. The molecule has 1 unspecified atom stereocenters. The predicted molar refractivity (Wildman–Crippen MR) is 86.7 cm³/mol. The molecule has 2 N–H and O–H groups in total. The van der Waals surface area contributed by atoms with E-state index < -0.39 is 5.54 Å². The Morgan fingerprint density at radius 3 is 3.00 bits per heavy atom. The summed E-state index contributed by atoms with van der Waals surface area (Å²) in [6, 6.07) is 8.18. The fraction of sp³-hybridized carbons (Fsp3) is 0.438. The molecule has 0 amide bonds. The average molecular weight is 351 g/mol. The molecule has 0 spiro atoms. The van der Waals surface area contributed by atoms with Crippen molar-refractivity contribution in [3.05, 3.63) is 35.5 Å². The van der Waals surface area contributed by atoms with Crippen LogP contribution in [0.2, 0.25) is 0 Å². The van der Waals surface area contributed by atoms with Crippen molar-refractivity contribution in [2.75, 3.05) is 18.5 Å². The standard InChI is InChI=1S/C16H19BrN2O2/c1-2-9-21-15(20)16(10-17)14-12(7-8-18-16)11-5-3-4-6-13(11)19-14/h3-6,18-19H,2,7-10H2,1H3. The van der Waals surface area contributed by atoms with Crippen LogP contribution in [0.25, 0.3) is 10.9 Å². The number of hydrogen-bond donors (Lipinski definition) is 2. The SMILES string of the molecule is CCCOC(=O)C1(CBr)NCCc2c1[nH]c1ccccc21. The van der Waals surface area contributed by atoms with E-state index in [-0.39, 0.29) is 5.97 Å². The van der Waals surface area contributed by atoms with Gasteiger partial charge in [0.05, 0.1) is 12.3 Å². The topological polar surface area (TPSA) is 54.1 Å². The number of aromatic amines is 1. The number of H-pyrrole nitrogens is 1. The Morgan fingerprint density at radius 2 is 2.24 bits per heavy atom. The third-order valence-corrected chi connectivity index (χ3v) is 4.87. The van der Waals surface area contributed by atoms with Crippen LogP contribution in [0.3, 0.4) is 0 Å². The second-order valence-corrected chi connectivity index (χ2v) is 5.94. The Kier molecular flexibility index (Phi) is 4.04. The molecular weight excluding hydrogens is 332 g/mol. The minimum Gasteiger partial charge on any atom is -0.464 e. The van der Waals surface area contributed by atoms with Crippen molar-refractivity contribution in [1.29, 1.82) is 0 Å². The van der Waals surface area contributed by atoms with Crippen LogP contribution < -0.4 is 5.32 Å². The molecule has 2 heterocycles. The van der Waals surface area contributed by atoms with Crippen LogP contribution in [0, 0.1) is 0 Å². The van der Waals surface area contributed by atoms with Crippen LogP contribution >= 0.6 is 15.9 Å². The average Bonchev–Trinajstić information content (AvgIpc) is 2.91. The number of benzene rings is 1. The van der Waals surface area contributed by atoms with Crippen molar-refractivity contribution in [1.82, 2.24) is 10.3 Å². The molecule has 1 aromatic heterocycles. The molecular formula is C16H19BrN2O2. The van der Waals surface area contributed by atoms with E-state index in [4.69, 9.17) is 4.74 Å². The fourth-order valence-electron chi connectivity index (χ4n) is 2.97. The molecule has 112 valence electrons. The Labute approximate surface area is 132 Å². The lowest BCUT2D eigenvalue weighted by molar-refractivity contribution is -0.151. The van der Waals surface area contributed by atoms with Gasteiger partial charge >= 0.3 is 5.97 Å². The third-order valence-electron chi connectivity index (χ3n) is 4.03. The van der Waals surface area contributed by atoms with Crippen LogP contribution in [0.15, 0.2) is 24.3 Å². The van der Waals surface area contributed by atoms with Crippen molar-refractivity contribution in [2.45, 2.75) is 25.3 Å². The van der Waals surface area contributed by atoms with Gasteiger partial charge < -0.3 is 9.72 Å². The first-order chi connectivity index (χ1) is 10.2. The summed E-state index contributed by atoms with van der Waals surface area (Å²) in [7, 11) is 0. The van der Waals surface area contributed by atoms with E-state index in [1.807, 2.05) is 25.1 Å². The number of esters is 1. The largest absolute Gasteiger partial charge is 0.464 e. The van der Waals surface area contributed by atoms with Gasteiger partial charge in [-0.25, -0.2) is 4.79 Å². The molecule has 1 aromatic carbocycles. The molecule has 0 fully saturated rings. The molecule has 5 heteroatoms. The summed E-state index contributed by atoms with van der Waals surface area (Å²) in [4.78, 5) is 16.0. The monoisotopic (exact) mass is 350 g/mol. The zero-order valence-electron chi connectivity index (χ0n) is 12.0. The smallest absolute Gasteiger partial charge is 0.333 e. The molecule has 1 aliphatic rings. The number of fused-ring (bicyclic) bond motifs is 3. The quantitative estimate of drug-likeness (QED) is 0.658. The van der Waals surface area contributed by atoms with Crippen LogP contribution in [0.1, 0.15) is 24.6 Å². The van der Waals surface area contributed by atoms with Crippen molar-refractivity contribution >= 4 is 32.8 Å². The van der Waals surface area contributed by atoms with E-state index in [0.29, 0.717) is 11.9 Å². The first kappa shape index (κ1) is 14.6. The summed E-state index contributed by atoms with van der Waals surface area (Å²) in [5.41, 5.74) is 2.41. The second-order valence-electron chi connectivity index (χ2n) is 5.38. The molecule has 21 heavy (non-hydrogen) atoms. The van der Waals surface area contributed by atoms with Gasteiger partial charge in [0.2, 0.25) is 0 Å². The molecule has 0 aliphatic carbocycles. The van der Waals surface area contributed by atoms with Crippen molar-refractivity contribution in [2.24, 2.45) is 0 Å². The second kappa shape index (κ2) is 5.81. The fourth-order valence-corrected chi connectivity index (χ4v) is 3.68. The molecule has 2 aromatic rings. The van der Waals surface area contributed by atoms with E-state index in [9.17, 15) is 4.79 Å². The molecule has 0 radical (unpaired) electrons. The van der Waals surface area contributed by atoms with E-state index in [1.54, 1.807) is 0 Å². The van der Waals surface area contributed by atoms with Gasteiger partial charge in [0.1, 0.15) is 0 Å². The third kappa shape index (κ3) is 2.28. The minimum atomic E-state index is -0.818.